The highest BCUT2D eigenvalue weighted by Gasteiger charge is 2.48. The fourth-order valence-corrected chi connectivity index (χ4v) is 15.4. The van der Waals surface area contributed by atoms with Crippen LogP contribution in [0.1, 0.15) is 174 Å². The van der Waals surface area contributed by atoms with E-state index in [4.69, 9.17) is 9.47 Å². The van der Waals surface area contributed by atoms with Gasteiger partial charge < -0.3 is 45.5 Å². The van der Waals surface area contributed by atoms with Crippen molar-refractivity contribution in [3.05, 3.63) is 83.6 Å². The lowest BCUT2D eigenvalue weighted by atomic mass is 9.75. The number of hydrogen-bond donors (Lipinski definition) is 10. The number of esters is 2. The van der Waals surface area contributed by atoms with Gasteiger partial charge in [0.25, 0.3) is 40.5 Å². The number of rotatable bonds is 22. The van der Waals surface area contributed by atoms with Gasteiger partial charge >= 0.3 is 11.9 Å². The number of anilines is 1. The number of ether oxygens (including phenoxy) is 2. The van der Waals surface area contributed by atoms with Crippen molar-refractivity contribution in [2.75, 3.05) is 61.6 Å². The number of unbranched alkanes of at least 4 members (excludes halogenated alkanes) is 4. The molecule has 6 unspecified atom stereocenters. The van der Waals surface area contributed by atoms with E-state index in [0.29, 0.717) is 131 Å². The third kappa shape index (κ3) is 26.5. The summed E-state index contributed by atoms with van der Waals surface area (Å²) < 4.78 is 174. The van der Waals surface area contributed by atoms with Crippen LogP contribution in [0.25, 0.3) is 0 Å². The molecule has 0 fully saturated rings. The minimum absolute atomic E-state index is 0.0472. The first kappa shape index (κ1) is 83.8. The second-order valence-electron chi connectivity index (χ2n) is 25.2. The zero-order chi connectivity index (χ0) is 74.1. The van der Waals surface area contributed by atoms with E-state index in [-0.39, 0.29) is 98.9 Å². The third-order valence-corrected chi connectivity index (χ3v) is 21.3. The molecule has 6 atom stereocenters. The minimum Gasteiger partial charge on any atom is -0.466 e. The zero-order valence-corrected chi connectivity index (χ0v) is 60.9. The summed E-state index contributed by atoms with van der Waals surface area (Å²) in [6.45, 7) is 8.80. The summed E-state index contributed by atoms with van der Waals surface area (Å²) in [6.07, 6.45) is 17.0. The largest absolute Gasteiger partial charge is 0.466 e. The van der Waals surface area contributed by atoms with Gasteiger partial charge in [-0.1, -0.05) is 50.3 Å². The van der Waals surface area contributed by atoms with Crippen LogP contribution in [0.2, 0.25) is 0 Å². The summed E-state index contributed by atoms with van der Waals surface area (Å²) in [7, 11) is -19.7. The Bertz CT molecular complexity index is 3880. The minimum atomic E-state index is -5.18. The van der Waals surface area contributed by atoms with Crippen LogP contribution in [-0.2, 0) is 105 Å². The molecule has 558 valence electrons. The van der Waals surface area contributed by atoms with Gasteiger partial charge in [0.05, 0.1) is 34.2 Å². The van der Waals surface area contributed by atoms with Gasteiger partial charge in [-0.15, -0.1) is 0 Å². The molecule has 2 aromatic rings. The second-order valence-corrected chi connectivity index (χ2v) is 32.1. The van der Waals surface area contributed by atoms with Gasteiger partial charge in [-0.2, -0.15) is 38.2 Å². The molecule has 3 aliphatic rings. The number of nitrogens with zero attached hydrogens (tertiary/aromatic N) is 2. The number of fused-ring (bicyclic) bond motifs is 6. The molecule has 0 aliphatic carbocycles. The molecule has 5 rings (SSSR count). The van der Waals surface area contributed by atoms with Crippen molar-refractivity contribution < 1.29 is 108 Å². The van der Waals surface area contributed by atoms with Gasteiger partial charge in [0, 0.05) is 86.2 Å². The van der Waals surface area contributed by atoms with Crippen LogP contribution in [0.4, 0.5) is 11.4 Å². The van der Waals surface area contributed by atoms with Crippen LogP contribution in [0.15, 0.2) is 82.3 Å². The van der Waals surface area contributed by atoms with E-state index >= 15 is 0 Å². The lowest BCUT2D eigenvalue weighted by Gasteiger charge is -2.30. The summed E-state index contributed by atoms with van der Waals surface area (Å²) in [4.78, 5) is 93.3. The Labute approximate surface area is 588 Å². The maximum absolute atomic E-state index is 13.7. The monoisotopic (exact) mass is 1500 g/mol. The van der Waals surface area contributed by atoms with E-state index in [1.807, 2.05) is 42.0 Å². The number of carbonyl (C=O) groups is 7. The highest BCUT2D eigenvalue weighted by atomic mass is 32.2. The quantitative estimate of drug-likeness (QED) is 0.0234. The van der Waals surface area contributed by atoms with Crippen molar-refractivity contribution in [1.29, 1.82) is 0 Å². The van der Waals surface area contributed by atoms with Gasteiger partial charge in [0.1, 0.15) is 36.2 Å². The summed E-state index contributed by atoms with van der Waals surface area (Å²) in [5.74, 6) is -9.94. The molecule has 10 N–H and O–H groups in total. The molecule has 100 heavy (non-hydrogen) atoms. The Kier molecular flexibility index (Phi) is 32.7. The molecule has 5 amide bonds. The number of carbonyl (C=O) groups excluding carboxylic acids is 7. The van der Waals surface area contributed by atoms with E-state index in [1.54, 1.807) is 38.1 Å². The van der Waals surface area contributed by atoms with Gasteiger partial charge in [0.15, 0.2) is 16.8 Å². The number of nitrogens with one attached hydrogen (secondary N) is 5. The molecule has 0 saturated heterocycles. The lowest BCUT2D eigenvalue weighted by Crippen LogP contribution is -2.60. The third-order valence-electron chi connectivity index (χ3n) is 17.5. The van der Waals surface area contributed by atoms with Crippen LogP contribution in [-0.4, -0.2) is 187 Å². The summed E-state index contributed by atoms with van der Waals surface area (Å²) in [5.41, 5.74) is 2.03. The molecule has 0 aromatic heterocycles. The van der Waals surface area contributed by atoms with Crippen molar-refractivity contribution in [3.63, 3.8) is 0 Å². The van der Waals surface area contributed by atoms with E-state index in [1.165, 1.54) is 24.3 Å². The molecular formula is C65H96N7O23S5+. The van der Waals surface area contributed by atoms with Crippen LogP contribution in [0.3, 0.4) is 0 Å². The van der Waals surface area contributed by atoms with Crippen LogP contribution in [0, 0.1) is 0 Å². The van der Waals surface area contributed by atoms with Crippen molar-refractivity contribution >= 4 is 110 Å². The molecule has 0 radical (unpaired) electrons. The predicted molar refractivity (Wildman–Crippen MR) is 371 cm³/mol. The predicted octanol–water partition coefficient (Wildman–Crippen LogP) is 5.33. The van der Waals surface area contributed by atoms with Crippen LogP contribution < -0.4 is 31.5 Å². The normalized spacial score (nSPS) is 22.4. The number of benzene rings is 2. The van der Waals surface area contributed by atoms with Crippen molar-refractivity contribution in [2.24, 2.45) is 0 Å². The average molecular weight is 1500 g/mol. The Hall–Kier alpha value is -6.83. The van der Waals surface area contributed by atoms with Gasteiger partial charge in [-0.25, -0.2) is 4.21 Å². The van der Waals surface area contributed by atoms with Crippen LogP contribution in [0.5, 0.6) is 0 Å². The summed E-state index contributed by atoms with van der Waals surface area (Å²) >= 11 is -2.77. The van der Waals surface area contributed by atoms with Crippen molar-refractivity contribution in [2.45, 2.75) is 201 Å². The molecule has 0 bridgehead atoms. The molecular weight excluding hydrogens is 1410 g/mol. The molecule has 2 aromatic carbocycles. The van der Waals surface area contributed by atoms with Gasteiger partial charge in [-0.3, -0.25) is 51.8 Å². The highest BCUT2D eigenvalue weighted by molar-refractivity contribution is 7.86. The van der Waals surface area contributed by atoms with E-state index in [9.17, 15) is 94.2 Å². The number of amides is 5. The Morgan fingerprint density at radius 3 is 1.68 bits per heavy atom. The van der Waals surface area contributed by atoms with Crippen molar-refractivity contribution in [3.8, 4) is 0 Å². The average Bonchev–Trinajstić information content (AvgIpc) is 1.59. The van der Waals surface area contributed by atoms with E-state index in [0.717, 1.165) is 5.70 Å². The maximum Gasteiger partial charge on any atom is 0.305 e. The first-order valence-corrected chi connectivity index (χ1v) is 40.8. The molecule has 30 nitrogen and oxygen atoms in total. The fourth-order valence-electron chi connectivity index (χ4n) is 12.5. The number of allylic oxidation sites excluding steroid dienone is 6. The first-order chi connectivity index (χ1) is 47.0. The molecule has 0 spiro atoms. The van der Waals surface area contributed by atoms with Crippen LogP contribution >= 0.6 is 0 Å². The standard InChI is InChI=1S/C65H95N7O23S5/c1-5-94-59(75)29-17-10-23-39-71-53-33-31-46(99(88,89)90)41-48(53)64(3)35-19-8-15-27-57(73)66-37-21-12-22-38-67-61(77)50(43-96(80)81)69-63(79)52(45-98(85,86)87)70-62(78)51(44-97(82,83)84)68-58(74)28-16-9-20-36-65(4)49-42-47(100(91,92)93)32-34-54(49)72(40-24-11-18-30-60(76)95-6-2)56(65)26-14-7-13-25-55(64)71/h7,13-14,25-26,31-34,41-42,50-52H,5-6,8-12,15-24,27-30,35-40,43-45H2,1-4H3,(H9-,66,67,68,69,70,73,74,77,78,79,80,81,82,83,84,85,86,87,88,89,90,91,92,93)/p+1. The Morgan fingerprint density at radius 2 is 1.11 bits per heavy atom. The SMILES string of the molecule is CCOC(=O)CCCCCN1C2=CC=CC=CC3=[N+](CCCCCC(=O)OCC)c4ccc(S(=O)(=O)O)cc4C3(C)CCCCCC(=O)NC(CS(=O)(=O)O)C(=O)NC(CS(=O)(=O)O)C(=O)NC(CS(=O)O)C(=O)NCCCCCNC(=O)CCCCCC2(C)c2cc(S(=O)(=O)O)ccc21. The maximum atomic E-state index is 13.7. The molecule has 0 saturated carbocycles. The molecule has 35 heteroatoms. The smallest absolute Gasteiger partial charge is 0.305 e. The Morgan fingerprint density at radius 1 is 0.590 bits per heavy atom. The zero-order valence-electron chi connectivity index (χ0n) is 56.8. The summed E-state index contributed by atoms with van der Waals surface area (Å²) in [5, 5.41) is 11.5. The Balaban J connectivity index is 1.58. The molecule has 3 aliphatic heterocycles. The topological polar surface area (TPSA) is 459 Å². The highest BCUT2D eigenvalue weighted by Crippen LogP contribution is 2.52. The van der Waals surface area contributed by atoms with Gasteiger partial charge in [0.2, 0.25) is 35.2 Å². The second kappa shape index (κ2) is 39.0. The number of hydrogen-bond acceptors (Lipinski definition) is 19. The van der Waals surface area contributed by atoms with Gasteiger partial charge in [-0.05, 0) is 140 Å². The van der Waals surface area contributed by atoms with E-state index < -0.39 is 121 Å². The first-order valence-electron chi connectivity index (χ1n) is 33.5. The lowest BCUT2D eigenvalue weighted by molar-refractivity contribution is -0.438. The van der Waals surface area contributed by atoms with E-state index in [2.05, 4.69) is 26.2 Å². The molecule has 3 heterocycles. The fraction of sp³-hybridized carbons (Fsp3) is 0.600. The summed E-state index contributed by atoms with van der Waals surface area (Å²) in [6, 6.07) is 2.34. The van der Waals surface area contributed by atoms with Crippen molar-refractivity contribution in [1.82, 2.24) is 26.6 Å².